The van der Waals surface area contributed by atoms with Gasteiger partial charge in [0.1, 0.15) is 11.7 Å². The van der Waals surface area contributed by atoms with Gasteiger partial charge in [-0.05, 0) is 52.4 Å². The minimum absolute atomic E-state index is 0.0165. The number of allylic oxidation sites excluding steroid dienone is 1. The van der Waals surface area contributed by atoms with Gasteiger partial charge in [0.15, 0.2) is 12.2 Å². The Morgan fingerprint density at radius 1 is 1.13 bits per heavy atom. The van der Waals surface area contributed by atoms with Crippen LogP contribution in [0.25, 0.3) is 0 Å². The molecule has 0 saturated carbocycles. The summed E-state index contributed by atoms with van der Waals surface area (Å²) in [5, 5.41) is 0. The van der Waals surface area contributed by atoms with E-state index in [1.165, 1.54) is 13.8 Å². The van der Waals surface area contributed by atoms with E-state index in [2.05, 4.69) is 13.0 Å². The van der Waals surface area contributed by atoms with Crippen molar-refractivity contribution in [1.29, 1.82) is 0 Å². The van der Waals surface area contributed by atoms with E-state index in [1.54, 1.807) is 6.92 Å². The Hall–Kier alpha value is -2.15. The number of carbonyl (C=O) groups excluding carboxylic acids is 3. The highest BCUT2D eigenvalue weighted by atomic mass is 16.6. The van der Waals surface area contributed by atoms with Crippen LogP contribution in [0.4, 0.5) is 0 Å². The molecule has 7 nitrogen and oxygen atoms in total. The average molecular weight is 435 g/mol. The Kier molecular flexibility index (Phi) is 6.94. The maximum absolute atomic E-state index is 12.5. The van der Waals surface area contributed by atoms with Crippen molar-refractivity contribution in [1.82, 2.24) is 0 Å². The van der Waals surface area contributed by atoms with Crippen molar-refractivity contribution in [3.63, 3.8) is 0 Å². The predicted molar refractivity (Wildman–Crippen MR) is 113 cm³/mol. The number of ether oxygens (including phenoxy) is 4. The highest BCUT2D eigenvalue weighted by Gasteiger charge is 2.53. The first-order valence-corrected chi connectivity index (χ1v) is 11.1. The zero-order chi connectivity index (χ0) is 22.9. The second-order valence-electron chi connectivity index (χ2n) is 9.35. The monoisotopic (exact) mass is 434 g/mol. The molecule has 6 atom stereocenters. The number of esters is 3. The summed E-state index contributed by atoms with van der Waals surface area (Å²) in [6.45, 7) is 10.4. The van der Waals surface area contributed by atoms with Crippen molar-refractivity contribution in [3.8, 4) is 0 Å². The summed E-state index contributed by atoms with van der Waals surface area (Å²) < 4.78 is 23.7. The van der Waals surface area contributed by atoms with Gasteiger partial charge in [0, 0.05) is 31.4 Å². The smallest absolute Gasteiger partial charge is 0.334 e. The molecule has 7 heteroatoms. The zero-order valence-corrected chi connectivity index (χ0v) is 19.4. The van der Waals surface area contributed by atoms with Gasteiger partial charge in [-0.2, -0.15) is 0 Å². The number of carbonyl (C=O) groups is 3. The molecule has 1 saturated heterocycles. The lowest BCUT2D eigenvalue weighted by molar-refractivity contribution is -0.192. The van der Waals surface area contributed by atoms with Crippen LogP contribution >= 0.6 is 0 Å². The highest BCUT2D eigenvalue weighted by Crippen LogP contribution is 2.43. The third-order valence-electron chi connectivity index (χ3n) is 6.71. The second kappa shape index (κ2) is 9.15. The summed E-state index contributed by atoms with van der Waals surface area (Å²) in [6.07, 6.45) is 3.60. The molecule has 2 bridgehead atoms. The van der Waals surface area contributed by atoms with Crippen LogP contribution in [-0.4, -0.2) is 47.9 Å². The Morgan fingerprint density at radius 2 is 1.81 bits per heavy atom. The van der Waals surface area contributed by atoms with E-state index < -0.39 is 41.8 Å². The van der Waals surface area contributed by atoms with Gasteiger partial charge < -0.3 is 18.9 Å². The van der Waals surface area contributed by atoms with Crippen molar-refractivity contribution >= 4 is 17.9 Å². The van der Waals surface area contributed by atoms with Gasteiger partial charge in [0.25, 0.3) is 0 Å². The fourth-order valence-corrected chi connectivity index (χ4v) is 5.00. The molecule has 0 spiro atoms. The molecule has 1 fully saturated rings. The summed E-state index contributed by atoms with van der Waals surface area (Å²) in [4.78, 5) is 36.7. The second-order valence-corrected chi connectivity index (χ2v) is 9.35. The molecule has 0 unspecified atom stereocenters. The fraction of sp³-hybridized carbons (Fsp3) is 0.708. The fourth-order valence-electron chi connectivity index (χ4n) is 5.00. The van der Waals surface area contributed by atoms with Gasteiger partial charge in [0.05, 0.1) is 6.10 Å². The number of rotatable bonds is 2. The molecule has 3 aliphatic rings. The van der Waals surface area contributed by atoms with Crippen molar-refractivity contribution < 1.29 is 33.3 Å². The van der Waals surface area contributed by atoms with Crippen LogP contribution in [0, 0.1) is 5.92 Å². The lowest BCUT2D eigenvalue weighted by atomic mass is 9.83. The molecule has 0 N–H and O–H groups in total. The van der Waals surface area contributed by atoms with Crippen LogP contribution in [0.5, 0.6) is 0 Å². The topological polar surface area (TPSA) is 88.1 Å². The number of hydrogen-bond donors (Lipinski definition) is 0. The molecule has 172 valence electrons. The maximum Gasteiger partial charge on any atom is 0.334 e. The minimum Gasteiger partial charge on any atom is -0.455 e. The van der Waals surface area contributed by atoms with Crippen molar-refractivity contribution in [2.75, 3.05) is 0 Å². The van der Waals surface area contributed by atoms with E-state index >= 15 is 0 Å². The van der Waals surface area contributed by atoms with Crippen molar-refractivity contribution in [2.24, 2.45) is 5.92 Å². The Bertz CT molecular complexity index is 811. The SMILES string of the molecule is CC(=O)O[C@@H]1C2=C(C)C(=O)O[C@H]2C/C(C)=C/CC[C@@H](C)[C@@H]2CC[C@@](C)(O2)[C@H]1OC(C)=O. The average Bonchev–Trinajstić information content (AvgIpc) is 3.18. The van der Waals surface area contributed by atoms with Gasteiger partial charge in [-0.3, -0.25) is 9.59 Å². The molecule has 0 aromatic rings. The van der Waals surface area contributed by atoms with Gasteiger partial charge in [-0.15, -0.1) is 0 Å². The molecule has 0 radical (unpaired) electrons. The molecule has 3 aliphatic heterocycles. The predicted octanol–water partition coefficient (Wildman–Crippen LogP) is 3.80. The molecule has 3 rings (SSSR count). The third-order valence-corrected chi connectivity index (χ3v) is 6.71. The van der Waals surface area contributed by atoms with E-state index in [1.807, 2.05) is 13.8 Å². The minimum atomic E-state index is -0.967. The van der Waals surface area contributed by atoms with E-state index in [0.29, 0.717) is 29.9 Å². The van der Waals surface area contributed by atoms with Crippen LogP contribution in [0.2, 0.25) is 0 Å². The highest BCUT2D eigenvalue weighted by molar-refractivity contribution is 5.92. The summed E-state index contributed by atoms with van der Waals surface area (Å²) in [5.41, 5.74) is 1.19. The normalized spacial score (nSPS) is 38.1. The first kappa shape index (κ1) is 23.5. The first-order valence-electron chi connectivity index (χ1n) is 11.1. The van der Waals surface area contributed by atoms with Crippen LogP contribution < -0.4 is 0 Å². The van der Waals surface area contributed by atoms with E-state index in [9.17, 15) is 14.4 Å². The number of fused-ring (bicyclic) bond motifs is 3. The zero-order valence-electron chi connectivity index (χ0n) is 19.4. The van der Waals surface area contributed by atoms with Gasteiger partial charge >= 0.3 is 17.9 Å². The molecule has 0 aliphatic carbocycles. The molecule has 3 heterocycles. The lowest BCUT2D eigenvalue weighted by Crippen LogP contribution is -2.52. The van der Waals surface area contributed by atoms with E-state index in [-0.39, 0.29) is 6.10 Å². The summed E-state index contributed by atoms with van der Waals surface area (Å²) in [7, 11) is 0. The van der Waals surface area contributed by atoms with Crippen LogP contribution in [0.15, 0.2) is 22.8 Å². The molecular formula is C24H34O7. The van der Waals surface area contributed by atoms with Crippen LogP contribution in [-0.2, 0) is 33.3 Å². The van der Waals surface area contributed by atoms with Crippen molar-refractivity contribution in [2.45, 2.75) is 104 Å². The summed E-state index contributed by atoms with van der Waals surface area (Å²) in [5.74, 6) is -1.13. The molecule has 0 aromatic carbocycles. The summed E-state index contributed by atoms with van der Waals surface area (Å²) >= 11 is 0. The van der Waals surface area contributed by atoms with Crippen LogP contribution in [0.3, 0.4) is 0 Å². The van der Waals surface area contributed by atoms with Gasteiger partial charge in [-0.25, -0.2) is 4.79 Å². The molecular weight excluding hydrogens is 400 g/mol. The van der Waals surface area contributed by atoms with E-state index in [4.69, 9.17) is 18.9 Å². The summed E-state index contributed by atoms with van der Waals surface area (Å²) in [6, 6.07) is 0. The van der Waals surface area contributed by atoms with Crippen molar-refractivity contribution in [3.05, 3.63) is 22.8 Å². The maximum atomic E-state index is 12.5. The number of hydrogen-bond acceptors (Lipinski definition) is 7. The van der Waals surface area contributed by atoms with Crippen LogP contribution in [0.1, 0.15) is 73.6 Å². The Balaban J connectivity index is 2.14. The van der Waals surface area contributed by atoms with E-state index in [0.717, 1.165) is 24.8 Å². The molecule has 31 heavy (non-hydrogen) atoms. The Morgan fingerprint density at radius 3 is 2.45 bits per heavy atom. The largest absolute Gasteiger partial charge is 0.455 e. The standard InChI is InChI=1S/C24H34O7/c1-13-8-7-9-14(2)18-10-11-24(6,31-18)22(29-17(5)26)21(28-16(4)25)20-15(3)23(27)30-19(20)12-13/h8,14,18-19,21-22H,7,9-12H2,1-6H3/b13-8+/t14-,18+,19+,21-,22+,24-/m1/s1. The Labute approximate surface area is 184 Å². The first-order chi connectivity index (χ1) is 14.5. The quantitative estimate of drug-likeness (QED) is 0.371. The van der Waals surface area contributed by atoms with Gasteiger partial charge in [-0.1, -0.05) is 18.6 Å². The lowest BCUT2D eigenvalue weighted by Gasteiger charge is -2.39. The molecule has 0 aromatic heterocycles. The molecule has 0 amide bonds. The van der Waals surface area contributed by atoms with Gasteiger partial charge in [0.2, 0.25) is 0 Å². The third kappa shape index (κ3) is 5.03.